The highest BCUT2D eigenvalue weighted by molar-refractivity contribution is 6.30. The van der Waals surface area contributed by atoms with Crippen LogP contribution >= 0.6 is 11.6 Å². The Labute approximate surface area is 138 Å². The third kappa shape index (κ3) is 3.16. The van der Waals surface area contributed by atoms with Crippen molar-refractivity contribution in [3.8, 4) is 0 Å². The quantitative estimate of drug-likeness (QED) is 0.881. The number of carbonyl (C=O) groups is 1. The highest BCUT2D eigenvalue weighted by Crippen LogP contribution is 2.30. The molecule has 120 valence electrons. The lowest BCUT2D eigenvalue weighted by atomic mass is 9.93. The molecule has 0 saturated heterocycles. The van der Waals surface area contributed by atoms with Crippen molar-refractivity contribution in [3.63, 3.8) is 0 Å². The van der Waals surface area contributed by atoms with E-state index in [4.69, 9.17) is 11.6 Å². The van der Waals surface area contributed by atoms with Crippen LogP contribution in [-0.4, -0.2) is 29.2 Å². The number of hydrogen-bond donors (Lipinski definition) is 2. The second-order valence-electron chi connectivity index (χ2n) is 5.40. The molecule has 0 spiro atoms. The largest absolute Gasteiger partial charge is 0.394 e. The zero-order valence-corrected chi connectivity index (χ0v) is 13.1. The normalized spacial score (nSPS) is 16.8. The summed E-state index contributed by atoms with van der Waals surface area (Å²) in [7, 11) is 0. The average molecular weight is 335 g/mol. The number of fused-ring (bicyclic) bond motifs is 1. The summed E-state index contributed by atoms with van der Waals surface area (Å²) in [5, 5.41) is 12.4. The fourth-order valence-corrected chi connectivity index (χ4v) is 2.98. The van der Waals surface area contributed by atoms with Gasteiger partial charge in [-0.05, 0) is 35.7 Å². The van der Waals surface area contributed by atoms with Gasteiger partial charge in [0.25, 0.3) is 0 Å². The molecule has 0 aliphatic carbocycles. The van der Waals surface area contributed by atoms with Gasteiger partial charge in [-0.25, -0.2) is 9.18 Å². The van der Waals surface area contributed by atoms with Crippen LogP contribution in [0.1, 0.15) is 17.2 Å². The van der Waals surface area contributed by atoms with Crippen molar-refractivity contribution >= 4 is 23.3 Å². The molecule has 1 unspecified atom stereocenters. The summed E-state index contributed by atoms with van der Waals surface area (Å²) in [6.45, 7) is 0.323. The molecule has 2 N–H and O–H groups in total. The third-order valence-corrected chi connectivity index (χ3v) is 4.32. The summed E-state index contributed by atoms with van der Waals surface area (Å²) in [5.74, 6) is -0.591. The van der Waals surface area contributed by atoms with E-state index in [1.54, 1.807) is 4.90 Å². The van der Waals surface area contributed by atoms with Gasteiger partial charge < -0.3 is 15.3 Å². The molecule has 1 heterocycles. The van der Waals surface area contributed by atoms with E-state index in [-0.39, 0.29) is 17.7 Å². The summed E-state index contributed by atoms with van der Waals surface area (Å²) in [6, 6.07) is 11.1. The number of anilines is 1. The zero-order chi connectivity index (χ0) is 16.4. The van der Waals surface area contributed by atoms with Gasteiger partial charge in [0, 0.05) is 12.2 Å². The number of halogens is 2. The van der Waals surface area contributed by atoms with Gasteiger partial charge in [0.05, 0.1) is 17.7 Å². The lowest BCUT2D eigenvalue weighted by Crippen LogP contribution is -2.43. The van der Waals surface area contributed by atoms with Crippen LogP contribution in [0.2, 0.25) is 5.02 Å². The molecule has 3 rings (SSSR count). The first-order chi connectivity index (χ1) is 11.1. The van der Waals surface area contributed by atoms with Gasteiger partial charge in [0.1, 0.15) is 5.82 Å². The van der Waals surface area contributed by atoms with Crippen LogP contribution in [0.15, 0.2) is 42.5 Å². The number of hydrogen-bond acceptors (Lipinski definition) is 2. The number of aliphatic hydroxyl groups is 1. The number of carbonyl (C=O) groups excluding carboxylic acids is 1. The van der Waals surface area contributed by atoms with E-state index in [2.05, 4.69) is 5.32 Å². The molecule has 4 nitrogen and oxygen atoms in total. The van der Waals surface area contributed by atoms with E-state index in [1.165, 1.54) is 18.2 Å². The van der Waals surface area contributed by atoms with Crippen LogP contribution in [0.25, 0.3) is 0 Å². The first-order valence-corrected chi connectivity index (χ1v) is 7.69. The van der Waals surface area contributed by atoms with E-state index in [1.807, 2.05) is 24.3 Å². The van der Waals surface area contributed by atoms with Gasteiger partial charge in [-0.1, -0.05) is 35.9 Å². The highest BCUT2D eigenvalue weighted by atomic mass is 35.5. The molecule has 1 aliphatic heterocycles. The van der Waals surface area contributed by atoms with Crippen LogP contribution in [0.4, 0.5) is 14.9 Å². The number of urea groups is 1. The van der Waals surface area contributed by atoms with Crippen LogP contribution in [0.5, 0.6) is 0 Å². The van der Waals surface area contributed by atoms with Crippen molar-refractivity contribution in [1.29, 1.82) is 0 Å². The molecule has 2 amide bonds. The Morgan fingerprint density at radius 2 is 2.13 bits per heavy atom. The van der Waals surface area contributed by atoms with Gasteiger partial charge in [-0.15, -0.1) is 0 Å². The van der Waals surface area contributed by atoms with Crippen molar-refractivity contribution in [2.45, 2.75) is 12.5 Å². The number of amides is 2. The molecular formula is C17H16ClFN2O2. The maximum absolute atomic E-state index is 13.5. The number of benzene rings is 2. The Hall–Kier alpha value is -2.11. The average Bonchev–Trinajstić information content (AvgIpc) is 2.57. The second-order valence-corrected chi connectivity index (χ2v) is 5.81. The third-order valence-electron chi connectivity index (χ3n) is 4.02. The van der Waals surface area contributed by atoms with Crippen LogP contribution < -0.4 is 5.32 Å². The van der Waals surface area contributed by atoms with Crippen molar-refractivity contribution in [3.05, 3.63) is 64.4 Å². The number of aliphatic hydroxyl groups excluding tert-OH is 1. The maximum Gasteiger partial charge on any atom is 0.322 e. The molecule has 0 radical (unpaired) electrons. The van der Waals surface area contributed by atoms with Gasteiger partial charge in [-0.2, -0.15) is 0 Å². The summed E-state index contributed by atoms with van der Waals surface area (Å²) < 4.78 is 13.5. The lowest BCUT2D eigenvalue weighted by Gasteiger charge is -2.36. The molecule has 2 aromatic carbocycles. The minimum absolute atomic E-state index is 0.00290. The highest BCUT2D eigenvalue weighted by Gasteiger charge is 2.30. The Kier molecular flexibility index (Phi) is 4.50. The predicted octanol–water partition coefficient (Wildman–Crippen LogP) is 3.60. The van der Waals surface area contributed by atoms with Crippen LogP contribution in [-0.2, 0) is 6.42 Å². The van der Waals surface area contributed by atoms with Crippen molar-refractivity contribution in [2.24, 2.45) is 0 Å². The maximum atomic E-state index is 13.5. The van der Waals surface area contributed by atoms with E-state index in [9.17, 15) is 14.3 Å². The van der Waals surface area contributed by atoms with E-state index < -0.39 is 11.9 Å². The van der Waals surface area contributed by atoms with E-state index in [0.717, 1.165) is 17.5 Å². The Morgan fingerprint density at radius 1 is 1.35 bits per heavy atom. The van der Waals surface area contributed by atoms with E-state index in [0.29, 0.717) is 12.2 Å². The molecule has 0 aromatic heterocycles. The Bertz CT molecular complexity index is 738. The zero-order valence-electron chi connectivity index (χ0n) is 12.3. The molecule has 0 bridgehead atoms. The Morgan fingerprint density at radius 3 is 2.87 bits per heavy atom. The fraction of sp³-hybridized carbons (Fsp3) is 0.235. The lowest BCUT2D eigenvalue weighted by molar-refractivity contribution is 0.135. The second kappa shape index (κ2) is 6.56. The molecular weight excluding hydrogens is 319 g/mol. The number of nitrogens with zero attached hydrogens (tertiary/aromatic N) is 1. The summed E-state index contributed by atoms with van der Waals surface area (Å²) in [6.07, 6.45) is 0.717. The first-order valence-electron chi connectivity index (χ1n) is 7.31. The molecule has 1 aliphatic rings. The molecule has 2 aromatic rings. The predicted molar refractivity (Wildman–Crippen MR) is 87.1 cm³/mol. The monoisotopic (exact) mass is 334 g/mol. The fourth-order valence-electron chi connectivity index (χ4n) is 2.86. The molecule has 0 fully saturated rings. The van der Waals surface area contributed by atoms with Gasteiger partial charge >= 0.3 is 6.03 Å². The number of nitrogens with one attached hydrogen (secondary N) is 1. The van der Waals surface area contributed by atoms with Crippen molar-refractivity contribution in [1.82, 2.24) is 4.90 Å². The van der Waals surface area contributed by atoms with Gasteiger partial charge in [0.2, 0.25) is 0 Å². The smallest absolute Gasteiger partial charge is 0.322 e. The topological polar surface area (TPSA) is 52.6 Å². The molecule has 6 heteroatoms. The van der Waals surface area contributed by atoms with Crippen LogP contribution in [0.3, 0.4) is 0 Å². The SMILES string of the molecule is O=C(Nc1ccc(Cl)c(F)c1)N1CCc2ccccc2C1CO. The van der Waals surface area contributed by atoms with Gasteiger partial charge in [0.15, 0.2) is 0 Å². The summed E-state index contributed by atoms with van der Waals surface area (Å²) in [5.41, 5.74) is 2.40. The van der Waals surface area contributed by atoms with Gasteiger partial charge in [-0.3, -0.25) is 0 Å². The van der Waals surface area contributed by atoms with Crippen molar-refractivity contribution < 1.29 is 14.3 Å². The molecule has 0 saturated carbocycles. The van der Waals surface area contributed by atoms with E-state index >= 15 is 0 Å². The Balaban J connectivity index is 1.80. The van der Waals surface area contributed by atoms with Crippen molar-refractivity contribution in [2.75, 3.05) is 18.5 Å². The number of rotatable bonds is 2. The molecule has 1 atom stereocenters. The summed E-state index contributed by atoms with van der Waals surface area (Å²) >= 11 is 5.64. The minimum atomic E-state index is -0.591. The first kappa shape index (κ1) is 15.8. The van der Waals surface area contributed by atoms with Crippen LogP contribution in [0, 0.1) is 5.82 Å². The summed E-state index contributed by atoms with van der Waals surface area (Å²) in [4.78, 5) is 14.1. The minimum Gasteiger partial charge on any atom is -0.394 e. The standard InChI is InChI=1S/C17H16ClFN2O2/c18-14-6-5-12(9-15(14)19)20-17(23)21-8-7-11-3-1-2-4-13(11)16(21)10-22/h1-6,9,16,22H,7-8,10H2,(H,20,23). The molecule has 23 heavy (non-hydrogen) atoms.